The third-order valence-electron chi connectivity index (χ3n) is 2.52. The molecule has 0 bridgehead atoms. The lowest BCUT2D eigenvalue weighted by atomic mass is 10.2. The highest BCUT2D eigenvalue weighted by atomic mass is 16.5. The molecular weight excluding hydrogens is 256 g/mol. The summed E-state index contributed by atoms with van der Waals surface area (Å²) < 4.78 is 5.70. The zero-order valence-corrected chi connectivity index (χ0v) is 11.3. The van der Waals surface area contributed by atoms with Crippen LogP contribution in [0.15, 0.2) is 42.6 Å². The van der Waals surface area contributed by atoms with Gasteiger partial charge in [0.05, 0.1) is 17.4 Å². The molecule has 0 aliphatic carbocycles. The predicted octanol–water partition coefficient (Wildman–Crippen LogP) is 3.31. The lowest BCUT2D eigenvalue weighted by Gasteiger charge is -2.15. The summed E-state index contributed by atoms with van der Waals surface area (Å²) in [5.74, 6) is 0.300. The molecule has 20 heavy (non-hydrogen) atoms. The fraction of sp³-hybridized carbons (Fsp3) is 0.200. The van der Waals surface area contributed by atoms with Crippen molar-refractivity contribution in [2.24, 2.45) is 0 Å². The molecule has 0 radical (unpaired) electrons. The van der Waals surface area contributed by atoms with E-state index in [4.69, 9.17) is 9.84 Å². The van der Waals surface area contributed by atoms with E-state index in [2.05, 4.69) is 10.3 Å². The molecule has 2 aromatic rings. The zero-order chi connectivity index (χ0) is 14.5. The van der Waals surface area contributed by atoms with Crippen LogP contribution in [0.25, 0.3) is 0 Å². The second kappa shape index (κ2) is 6.06. The van der Waals surface area contributed by atoms with Gasteiger partial charge in [-0.2, -0.15) is 0 Å². The number of aromatic carboxylic acids is 1. The minimum Gasteiger partial charge on any atom is -0.489 e. The number of carboxylic acids is 1. The van der Waals surface area contributed by atoms with Crippen LogP contribution < -0.4 is 10.1 Å². The molecule has 0 unspecified atom stereocenters. The molecular formula is C15H16N2O3. The number of pyridine rings is 1. The van der Waals surface area contributed by atoms with Crippen LogP contribution in [0.1, 0.15) is 24.2 Å². The molecule has 1 heterocycles. The van der Waals surface area contributed by atoms with Crippen molar-refractivity contribution in [3.8, 4) is 5.75 Å². The monoisotopic (exact) mass is 272 g/mol. The van der Waals surface area contributed by atoms with Gasteiger partial charge in [-0.3, -0.25) is 0 Å². The summed E-state index contributed by atoms with van der Waals surface area (Å²) >= 11 is 0. The fourth-order valence-corrected chi connectivity index (χ4v) is 1.66. The molecule has 0 saturated carbocycles. The van der Waals surface area contributed by atoms with E-state index >= 15 is 0 Å². The first-order valence-electron chi connectivity index (χ1n) is 6.28. The maximum Gasteiger partial charge on any atom is 0.337 e. The Hall–Kier alpha value is -2.56. The van der Waals surface area contributed by atoms with Gasteiger partial charge in [0.1, 0.15) is 11.6 Å². The van der Waals surface area contributed by atoms with E-state index in [0.29, 0.717) is 5.82 Å². The van der Waals surface area contributed by atoms with E-state index < -0.39 is 5.97 Å². The number of benzene rings is 1. The number of carbonyl (C=O) groups is 1. The first-order valence-corrected chi connectivity index (χ1v) is 6.28. The number of nitrogens with zero attached hydrogens (tertiary/aromatic N) is 1. The number of carboxylic acid groups (broad SMARTS) is 1. The molecule has 0 aliphatic rings. The third-order valence-corrected chi connectivity index (χ3v) is 2.52. The lowest BCUT2D eigenvalue weighted by molar-refractivity contribution is 0.0696. The summed E-state index contributed by atoms with van der Waals surface area (Å²) in [5, 5.41) is 11.9. The molecule has 0 atom stereocenters. The highest BCUT2D eigenvalue weighted by Gasteiger charge is 2.07. The van der Waals surface area contributed by atoms with Gasteiger partial charge in [0.25, 0.3) is 0 Å². The van der Waals surface area contributed by atoms with Gasteiger partial charge in [-0.15, -0.1) is 0 Å². The van der Waals surface area contributed by atoms with Gasteiger partial charge < -0.3 is 15.2 Å². The second-order valence-electron chi connectivity index (χ2n) is 4.53. The molecule has 1 aromatic heterocycles. The van der Waals surface area contributed by atoms with Crippen molar-refractivity contribution in [1.82, 2.24) is 4.98 Å². The van der Waals surface area contributed by atoms with Crippen LogP contribution in [0, 0.1) is 0 Å². The van der Waals surface area contributed by atoms with Crippen molar-refractivity contribution in [3.63, 3.8) is 0 Å². The van der Waals surface area contributed by atoms with Crippen molar-refractivity contribution in [2.45, 2.75) is 20.0 Å². The van der Waals surface area contributed by atoms with Gasteiger partial charge in [-0.05, 0) is 38.1 Å². The summed E-state index contributed by atoms with van der Waals surface area (Å²) in [6.07, 6.45) is 1.39. The van der Waals surface area contributed by atoms with Crippen molar-refractivity contribution in [1.29, 1.82) is 0 Å². The molecule has 5 nitrogen and oxygen atoms in total. The fourth-order valence-electron chi connectivity index (χ4n) is 1.66. The number of anilines is 2. The van der Waals surface area contributed by atoms with Gasteiger partial charge >= 0.3 is 5.97 Å². The Balaban J connectivity index is 2.19. The average molecular weight is 272 g/mol. The van der Waals surface area contributed by atoms with Gasteiger partial charge in [0, 0.05) is 6.20 Å². The number of nitrogens with one attached hydrogen (secondary N) is 1. The molecule has 0 amide bonds. The largest absolute Gasteiger partial charge is 0.489 e. The number of rotatable bonds is 5. The minimum atomic E-state index is -0.993. The maximum atomic E-state index is 10.8. The van der Waals surface area contributed by atoms with Crippen molar-refractivity contribution >= 4 is 17.5 Å². The van der Waals surface area contributed by atoms with Gasteiger partial charge in [-0.1, -0.05) is 12.1 Å². The number of hydrogen-bond donors (Lipinski definition) is 2. The summed E-state index contributed by atoms with van der Waals surface area (Å²) in [6, 6.07) is 10.7. The molecule has 2 N–H and O–H groups in total. The van der Waals surface area contributed by atoms with E-state index in [1.165, 1.54) is 12.3 Å². The molecule has 0 saturated heterocycles. The third kappa shape index (κ3) is 3.47. The van der Waals surface area contributed by atoms with Crippen molar-refractivity contribution in [2.75, 3.05) is 5.32 Å². The first kappa shape index (κ1) is 13.9. The van der Waals surface area contributed by atoms with Crippen LogP contribution >= 0.6 is 0 Å². The van der Waals surface area contributed by atoms with Crippen LogP contribution in [-0.2, 0) is 0 Å². The number of para-hydroxylation sites is 2. The Bertz CT molecular complexity index is 594. The van der Waals surface area contributed by atoms with Crippen molar-refractivity contribution < 1.29 is 14.6 Å². The minimum absolute atomic E-state index is 0.0697. The molecule has 0 aliphatic heterocycles. The molecule has 104 valence electrons. The summed E-state index contributed by atoms with van der Waals surface area (Å²) in [5.41, 5.74) is 0.944. The predicted molar refractivity (Wildman–Crippen MR) is 76.7 cm³/mol. The molecule has 0 fully saturated rings. The Morgan fingerprint density at radius 3 is 2.60 bits per heavy atom. The van der Waals surface area contributed by atoms with Crippen LogP contribution in [0.5, 0.6) is 5.75 Å². The smallest absolute Gasteiger partial charge is 0.337 e. The van der Waals surface area contributed by atoms with Gasteiger partial charge in [-0.25, -0.2) is 9.78 Å². The van der Waals surface area contributed by atoms with E-state index in [-0.39, 0.29) is 11.7 Å². The standard InChI is InChI=1S/C15H16N2O3/c1-10(2)20-13-6-4-3-5-12(13)17-14-8-7-11(9-16-14)15(18)19/h3-10H,1-2H3,(H,16,17)(H,18,19). The van der Waals surface area contributed by atoms with E-state index in [0.717, 1.165) is 11.4 Å². The number of hydrogen-bond acceptors (Lipinski definition) is 4. The molecule has 1 aromatic carbocycles. The number of ether oxygens (including phenoxy) is 1. The van der Waals surface area contributed by atoms with Crippen LogP contribution in [0.2, 0.25) is 0 Å². The quantitative estimate of drug-likeness (QED) is 0.873. The molecule has 5 heteroatoms. The highest BCUT2D eigenvalue weighted by Crippen LogP contribution is 2.27. The summed E-state index contributed by atoms with van der Waals surface area (Å²) in [4.78, 5) is 14.8. The van der Waals surface area contributed by atoms with E-state index in [1.54, 1.807) is 6.07 Å². The lowest BCUT2D eigenvalue weighted by Crippen LogP contribution is -2.07. The van der Waals surface area contributed by atoms with E-state index in [1.807, 2.05) is 38.1 Å². The Labute approximate surface area is 117 Å². The van der Waals surface area contributed by atoms with Crippen LogP contribution in [0.4, 0.5) is 11.5 Å². The van der Waals surface area contributed by atoms with Crippen molar-refractivity contribution in [3.05, 3.63) is 48.2 Å². The zero-order valence-electron chi connectivity index (χ0n) is 11.3. The summed E-state index contributed by atoms with van der Waals surface area (Å²) in [6.45, 7) is 3.91. The Morgan fingerprint density at radius 1 is 1.25 bits per heavy atom. The van der Waals surface area contributed by atoms with Crippen LogP contribution in [0.3, 0.4) is 0 Å². The van der Waals surface area contributed by atoms with Gasteiger partial charge in [0.2, 0.25) is 0 Å². The van der Waals surface area contributed by atoms with Gasteiger partial charge in [0.15, 0.2) is 0 Å². The van der Waals surface area contributed by atoms with Crippen LogP contribution in [-0.4, -0.2) is 22.2 Å². The average Bonchev–Trinajstić information content (AvgIpc) is 2.41. The number of aromatic nitrogens is 1. The Morgan fingerprint density at radius 2 is 2.00 bits per heavy atom. The first-order chi connectivity index (χ1) is 9.56. The SMILES string of the molecule is CC(C)Oc1ccccc1Nc1ccc(C(=O)O)cn1. The summed E-state index contributed by atoms with van der Waals surface area (Å²) in [7, 11) is 0. The normalized spacial score (nSPS) is 10.3. The maximum absolute atomic E-state index is 10.8. The second-order valence-corrected chi connectivity index (χ2v) is 4.53. The topological polar surface area (TPSA) is 71.5 Å². The molecule has 2 rings (SSSR count). The molecule has 0 spiro atoms. The highest BCUT2D eigenvalue weighted by molar-refractivity contribution is 5.87. The Kier molecular flexibility index (Phi) is 4.20. The van der Waals surface area contributed by atoms with E-state index in [9.17, 15) is 4.79 Å².